The third-order valence-corrected chi connectivity index (χ3v) is 3.66. The second kappa shape index (κ2) is 6.40. The molecule has 0 atom stereocenters. The Labute approximate surface area is 131 Å². The van der Waals surface area contributed by atoms with Crippen LogP contribution >= 0.6 is 23.4 Å². The van der Waals surface area contributed by atoms with Crippen LogP contribution in [-0.4, -0.2) is 36.9 Å². The molecular formula is C12H15ClN6OS. The van der Waals surface area contributed by atoms with Crippen LogP contribution in [-0.2, 0) is 10.3 Å². The van der Waals surface area contributed by atoms with E-state index in [0.29, 0.717) is 10.8 Å². The normalized spacial score (nSPS) is 11.4. The molecule has 0 saturated heterocycles. The van der Waals surface area contributed by atoms with Gasteiger partial charge in [-0.15, -0.1) is 5.10 Å². The summed E-state index contributed by atoms with van der Waals surface area (Å²) in [5.74, 6) is -0.0137. The number of carbonyl (C=O) groups is 1. The Bertz CT molecular complexity index is 639. The number of hydrogen-bond acceptors (Lipinski definition) is 6. The number of anilines is 1. The highest BCUT2D eigenvalue weighted by molar-refractivity contribution is 7.99. The molecule has 2 heterocycles. The predicted molar refractivity (Wildman–Crippen MR) is 81.4 cm³/mol. The molecule has 0 saturated carbocycles. The van der Waals surface area contributed by atoms with Crippen molar-refractivity contribution < 1.29 is 4.79 Å². The number of hydrogen-bond donors (Lipinski definition) is 1. The van der Waals surface area contributed by atoms with Crippen molar-refractivity contribution in [3.05, 3.63) is 23.5 Å². The molecule has 0 aliphatic rings. The number of carbonyl (C=O) groups excluding carboxylic acids is 1. The van der Waals surface area contributed by atoms with Gasteiger partial charge in [0.05, 0.1) is 17.0 Å². The first kappa shape index (κ1) is 15.7. The maximum atomic E-state index is 11.9. The quantitative estimate of drug-likeness (QED) is 0.685. The Kier molecular flexibility index (Phi) is 4.79. The van der Waals surface area contributed by atoms with Crippen molar-refractivity contribution >= 4 is 35.0 Å². The van der Waals surface area contributed by atoms with E-state index in [1.807, 2.05) is 20.8 Å². The van der Waals surface area contributed by atoms with Crippen LogP contribution in [0.4, 0.5) is 5.69 Å². The van der Waals surface area contributed by atoms with Gasteiger partial charge in [0.15, 0.2) is 5.15 Å². The molecule has 21 heavy (non-hydrogen) atoms. The van der Waals surface area contributed by atoms with Gasteiger partial charge < -0.3 is 5.32 Å². The molecule has 0 aliphatic carbocycles. The summed E-state index contributed by atoms with van der Waals surface area (Å²) in [6.07, 6.45) is 1.56. The number of amides is 1. The Morgan fingerprint density at radius 1 is 1.48 bits per heavy atom. The first-order valence-corrected chi connectivity index (χ1v) is 7.56. The average Bonchev–Trinajstić information content (AvgIpc) is 2.87. The van der Waals surface area contributed by atoms with Crippen molar-refractivity contribution in [1.82, 2.24) is 25.2 Å². The fourth-order valence-electron chi connectivity index (χ4n) is 1.49. The molecule has 1 N–H and O–H groups in total. The van der Waals surface area contributed by atoms with E-state index in [-0.39, 0.29) is 22.4 Å². The van der Waals surface area contributed by atoms with Crippen molar-refractivity contribution in [3.63, 3.8) is 0 Å². The molecule has 7 nitrogen and oxygen atoms in total. The highest BCUT2D eigenvalue weighted by Gasteiger charge is 2.20. The summed E-state index contributed by atoms with van der Waals surface area (Å²) in [7, 11) is 0. The predicted octanol–water partition coefficient (Wildman–Crippen LogP) is 2.21. The molecule has 2 aromatic rings. The monoisotopic (exact) mass is 326 g/mol. The van der Waals surface area contributed by atoms with Gasteiger partial charge in [-0.1, -0.05) is 23.4 Å². The van der Waals surface area contributed by atoms with Crippen molar-refractivity contribution in [2.24, 2.45) is 0 Å². The molecule has 0 aromatic carbocycles. The highest BCUT2D eigenvalue weighted by atomic mass is 35.5. The van der Waals surface area contributed by atoms with E-state index in [0.717, 1.165) is 0 Å². The van der Waals surface area contributed by atoms with Crippen LogP contribution in [0.1, 0.15) is 20.8 Å². The summed E-state index contributed by atoms with van der Waals surface area (Å²) < 4.78 is 1.68. The number of tetrazole rings is 1. The zero-order valence-electron chi connectivity index (χ0n) is 11.9. The van der Waals surface area contributed by atoms with E-state index in [9.17, 15) is 4.79 Å². The third kappa shape index (κ3) is 4.15. The number of nitrogens with one attached hydrogen (secondary N) is 1. The van der Waals surface area contributed by atoms with Crippen molar-refractivity contribution in [3.8, 4) is 0 Å². The van der Waals surface area contributed by atoms with Crippen LogP contribution in [0.3, 0.4) is 0 Å². The van der Waals surface area contributed by atoms with E-state index >= 15 is 0 Å². The van der Waals surface area contributed by atoms with Gasteiger partial charge in [-0.2, -0.15) is 0 Å². The first-order chi connectivity index (χ1) is 9.88. The van der Waals surface area contributed by atoms with Crippen LogP contribution in [0.25, 0.3) is 0 Å². The topological polar surface area (TPSA) is 85.6 Å². The van der Waals surface area contributed by atoms with Gasteiger partial charge in [0, 0.05) is 6.20 Å². The minimum Gasteiger partial charge on any atom is -0.323 e. The SMILES string of the molecule is CC(C)(C)n1nnnc1SCC(=O)Nc1cccnc1Cl. The van der Waals surface area contributed by atoms with Gasteiger partial charge in [0.2, 0.25) is 11.1 Å². The van der Waals surface area contributed by atoms with Crippen LogP contribution in [0, 0.1) is 0 Å². The fraction of sp³-hybridized carbons (Fsp3) is 0.417. The lowest BCUT2D eigenvalue weighted by Gasteiger charge is -2.19. The van der Waals surface area contributed by atoms with Gasteiger partial charge in [0.25, 0.3) is 0 Å². The molecule has 0 bridgehead atoms. The molecule has 1 amide bonds. The van der Waals surface area contributed by atoms with E-state index in [1.54, 1.807) is 23.0 Å². The molecule has 0 aliphatic heterocycles. The number of halogens is 1. The molecule has 2 rings (SSSR count). The highest BCUT2D eigenvalue weighted by Crippen LogP contribution is 2.22. The number of thioether (sulfide) groups is 1. The summed E-state index contributed by atoms with van der Waals surface area (Å²) in [4.78, 5) is 15.8. The zero-order chi connectivity index (χ0) is 15.5. The zero-order valence-corrected chi connectivity index (χ0v) is 13.4. The van der Waals surface area contributed by atoms with Crippen molar-refractivity contribution in [1.29, 1.82) is 0 Å². The summed E-state index contributed by atoms with van der Waals surface area (Å²) in [5, 5.41) is 15.1. The van der Waals surface area contributed by atoms with Gasteiger partial charge in [-0.3, -0.25) is 4.79 Å². The Hall–Kier alpha value is -1.67. The maximum absolute atomic E-state index is 11.9. The van der Waals surface area contributed by atoms with Gasteiger partial charge in [-0.05, 0) is 43.3 Å². The minimum atomic E-state index is -0.241. The van der Waals surface area contributed by atoms with Gasteiger partial charge in [0.1, 0.15) is 0 Å². The average molecular weight is 327 g/mol. The largest absolute Gasteiger partial charge is 0.323 e. The number of rotatable bonds is 4. The van der Waals surface area contributed by atoms with E-state index < -0.39 is 0 Å². The summed E-state index contributed by atoms with van der Waals surface area (Å²) in [6.45, 7) is 5.97. The van der Waals surface area contributed by atoms with E-state index in [4.69, 9.17) is 11.6 Å². The van der Waals surface area contributed by atoms with Crippen LogP contribution in [0.5, 0.6) is 0 Å². The minimum absolute atomic E-state index is 0.182. The smallest absolute Gasteiger partial charge is 0.234 e. The molecule has 112 valence electrons. The van der Waals surface area contributed by atoms with Crippen LogP contribution < -0.4 is 5.32 Å². The Morgan fingerprint density at radius 3 is 2.90 bits per heavy atom. The van der Waals surface area contributed by atoms with Crippen LogP contribution in [0.15, 0.2) is 23.5 Å². The van der Waals surface area contributed by atoms with Gasteiger partial charge in [-0.25, -0.2) is 9.67 Å². The Morgan fingerprint density at radius 2 is 2.24 bits per heavy atom. The lowest BCUT2D eigenvalue weighted by atomic mass is 10.1. The number of nitrogens with zero attached hydrogens (tertiary/aromatic N) is 5. The van der Waals surface area contributed by atoms with Crippen molar-refractivity contribution in [2.75, 3.05) is 11.1 Å². The molecule has 0 radical (unpaired) electrons. The second-order valence-corrected chi connectivity index (χ2v) is 6.52. The third-order valence-electron chi connectivity index (χ3n) is 2.44. The number of pyridine rings is 1. The molecular weight excluding hydrogens is 312 g/mol. The number of aromatic nitrogens is 5. The molecule has 9 heteroatoms. The van der Waals surface area contributed by atoms with Gasteiger partial charge >= 0.3 is 0 Å². The molecule has 0 fully saturated rings. The van der Waals surface area contributed by atoms with E-state index in [1.165, 1.54) is 11.8 Å². The fourth-order valence-corrected chi connectivity index (χ4v) is 2.51. The first-order valence-electron chi connectivity index (χ1n) is 6.20. The standard InChI is InChI=1S/C12H15ClN6OS/c1-12(2,3)19-11(16-17-18-19)21-7-9(20)15-8-5-4-6-14-10(8)13/h4-6H,7H2,1-3H3,(H,15,20). The van der Waals surface area contributed by atoms with E-state index in [2.05, 4.69) is 25.8 Å². The lowest BCUT2D eigenvalue weighted by Crippen LogP contribution is -2.24. The second-order valence-electron chi connectivity index (χ2n) is 5.22. The summed E-state index contributed by atoms with van der Waals surface area (Å²) in [6, 6.07) is 3.39. The lowest BCUT2D eigenvalue weighted by molar-refractivity contribution is -0.113. The maximum Gasteiger partial charge on any atom is 0.234 e. The summed E-state index contributed by atoms with van der Waals surface area (Å²) in [5.41, 5.74) is 0.245. The molecule has 0 spiro atoms. The molecule has 0 unspecified atom stereocenters. The Balaban J connectivity index is 1.96. The van der Waals surface area contributed by atoms with Crippen LogP contribution in [0.2, 0.25) is 5.15 Å². The molecule has 2 aromatic heterocycles. The summed E-state index contributed by atoms with van der Waals surface area (Å²) >= 11 is 7.15. The van der Waals surface area contributed by atoms with Crippen molar-refractivity contribution in [2.45, 2.75) is 31.5 Å².